The maximum absolute atomic E-state index is 13.5. The molecule has 0 saturated carbocycles. The normalized spacial score (nSPS) is 12.1. The fourth-order valence-corrected chi connectivity index (χ4v) is 3.48. The molecule has 0 radical (unpaired) electrons. The molecule has 0 saturated heterocycles. The lowest BCUT2D eigenvalue weighted by molar-refractivity contribution is 0.570. The van der Waals surface area contributed by atoms with E-state index in [1.54, 1.807) is 10.7 Å². The summed E-state index contributed by atoms with van der Waals surface area (Å²) in [5, 5.41) is 7.93. The van der Waals surface area contributed by atoms with Gasteiger partial charge in [0.25, 0.3) is 0 Å². The Bertz CT molecular complexity index is 1150. The lowest BCUT2D eigenvalue weighted by Gasteiger charge is -2.14. The van der Waals surface area contributed by atoms with Crippen molar-refractivity contribution >= 4 is 0 Å². The van der Waals surface area contributed by atoms with Gasteiger partial charge in [0.2, 0.25) is 0 Å². The molecule has 152 valence electrons. The van der Waals surface area contributed by atoms with Gasteiger partial charge in [-0.1, -0.05) is 29.8 Å². The molecule has 0 bridgehead atoms. The van der Waals surface area contributed by atoms with Gasteiger partial charge in [-0.2, -0.15) is 5.10 Å². The van der Waals surface area contributed by atoms with Crippen LogP contribution in [0.2, 0.25) is 0 Å². The van der Waals surface area contributed by atoms with E-state index in [9.17, 15) is 4.39 Å². The van der Waals surface area contributed by atoms with Crippen molar-refractivity contribution in [3.8, 4) is 17.1 Å². The van der Waals surface area contributed by atoms with Crippen molar-refractivity contribution in [3.05, 3.63) is 95.3 Å². The molecular formula is C24H24FN5. The molecule has 6 heteroatoms. The van der Waals surface area contributed by atoms with E-state index < -0.39 is 0 Å². The van der Waals surface area contributed by atoms with E-state index in [1.165, 1.54) is 17.7 Å². The maximum atomic E-state index is 13.5. The Labute approximate surface area is 175 Å². The highest BCUT2D eigenvalue weighted by Gasteiger charge is 2.14. The van der Waals surface area contributed by atoms with Crippen molar-refractivity contribution in [1.82, 2.24) is 25.1 Å². The average molecular weight is 401 g/mol. The summed E-state index contributed by atoms with van der Waals surface area (Å²) in [5.41, 5.74) is 5.97. The maximum Gasteiger partial charge on any atom is 0.159 e. The molecule has 2 heterocycles. The Hall–Kier alpha value is -3.38. The van der Waals surface area contributed by atoms with Gasteiger partial charge in [0, 0.05) is 47.4 Å². The Morgan fingerprint density at radius 1 is 1.00 bits per heavy atom. The molecule has 0 unspecified atom stereocenters. The van der Waals surface area contributed by atoms with Gasteiger partial charge in [0.05, 0.1) is 11.9 Å². The monoisotopic (exact) mass is 401 g/mol. The van der Waals surface area contributed by atoms with Crippen LogP contribution in [0.5, 0.6) is 0 Å². The van der Waals surface area contributed by atoms with E-state index in [-0.39, 0.29) is 11.9 Å². The molecule has 0 aliphatic carbocycles. The van der Waals surface area contributed by atoms with Gasteiger partial charge in [-0.15, -0.1) is 0 Å². The van der Waals surface area contributed by atoms with Crippen molar-refractivity contribution in [2.45, 2.75) is 33.4 Å². The quantitative estimate of drug-likeness (QED) is 0.497. The third-order valence-corrected chi connectivity index (χ3v) is 5.16. The van der Waals surface area contributed by atoms with Crippen LogP contribution >= 0.6 is 0 Å². The van der Waals surface area contributed by atoms with Gasteiger partial charge in [-0.25, -0.2) is 19.0 Å². The second-order valence-corrected chi connectivity index (χ2v) is 7.46. The molecule has 1 atom stereocenters. The zero-order chi connectivity index (χ0) is 21.1. The minimum atomic E-state index is -0.274. The zero-order valence-electron chi connectivity index (χ0n) is 17.3. The van der Waals surface area contributed by atoms with Crippen LogP contribution in [-0.4, -0.2) is 19.7 Å². The Morgan fingerprint density at radius 2 is 1.77 bits per heavy atom. The molecule has 0 fully saturated rings. The number of nitrogens with zero attached hydrogens (tertiary/aromatic N) is 4. The number of aromatic nitrogens is 4. The van der Waals surface area contributed by atoms with E-state index in [4.69, 9.17) is 0 Å². The first-order valence-corrected chi connectivity index (χ1v) is 9.93. The summed E-state index contributed by atoms with van der Waals surface area (Å²) >= 11 is 0. The van der Waals surface area contributed by atoms with Gasteiger partial charge in [-0.3, -0.25) is 0 Å². The minimum absolute atomic E-state index is 0.0729. The molecule has 2 aromatic heterocycles. The van der Waals surface area contributed by atoms with E-state index in [0.717, 1.165) is 28.2 Å². The summed E-state index contributed by atoms with van der Waals surface area (Å²) in [6.07, 6.45) is 5.54. The summed E-state index contributed by atoms with van der Waals surface area (Å²) < 4.78 is 15.3. The SMILES string of the molecule is Cc1cccc(-c2ncc(CN[C@@H](C)c3cnn(-c4cccc(F)c4)c3C)cn2)c1. The van der Waals surface area contributed by atoms with Crippen LogP contribution in [0.1, 0.15) is 35.3 Å². The predicted molar refractivity (Wildman–Crippen MR) is 116 cm³/mol. The zero-order valence-corrected chi connectivity index (χ0v) is 17.3. The third-order valence-electron chi connectivity index (χ3n) is 5.16. The summed E-state index contributed by atoms with van der Waals surface area (Å²) in [5.74, 6) is 0.451. The lowest BCUT2D eigenvalue weighted by atomic mass is 10.1. The Morgan fingerprint density at radius 3 is 2.50 bits per heavy atom. The van der Waals surface area contributed by atoms with Crippen LogP contribution in [0.4, 0.5) is 4.39 Å². The van der Waals surface area contributed by atoms with Gasteiger partial charge in [-0.05, 0) is 45.0 Å². The van der Waals surface area contributed by atoms with E-state index >= 15 is 0 Å². The third kappa shape index (κ3) is 4.28. The number of halogens is 1. The first kappa shape index (κ1) is 19.9. The number of aryl methyl sites for hydroxylation is 1. The van der Waals surface area contributed by atoms with E-state index in [2.05, 4.69) is 46.4 Å². The summed E-state index contributed by atoms with van der Waals surface area (Å²) in [6.45, 7) is 6.77. The van der Waals surface area contributed by atoms with Crippen LogP contribution in [0, 0.1) is 19.7 Å². The fraction of sp³-hybridized carbons (Fsp3) is 0.208. The highest BCUT2D eigenvalue weighted by Crippen LogP contribution is 2.21. The van der Waals surface area contributed by atoms with Crippen molar-refractivity contribution < 1.29 is 4.39 Å². The van der Waals surface area contributed by atoms with Crippen LogP contribution in [0.15, 0.2) is 67.1 Å². The number of hydrogen-bond acceptors (Lipinski definition) is 4. The van der Waals surface area contributed by atoms with Gasteiger partial charge >= 0.3 is 0 Å². The first-order valence-electron chi connectivity index (χ1n) is 9.93. The molecule has 2 aromatic carbocycles. The van der Waals surface area contributed by atoms with Gasteiger partial charge in [0.1, 0.15) is 5.82 Å². The van der Waals surface area contributed by atoms with E-state index in [1.807, 2.05) is 43.7 Å². The average Bonchev–Trinajstić information content (AvgIpc) is 3.14. The molecule has 4 aromatic rings. The number of nitrogens with one attached hydrogen (secondary N) is 1. The van der Waals surface area contributed by atoms with Crippen LogP contribution in [0.3, 0.4) is 0 Å². The molecule has 1 N–H and O–H groups in total. The van der Waals surface area contributed by atoms with Gasteiger partial charge < -0.3 is 5.32 Å². The highest BCUT2D eigenvalue weighted by molar-refractivity contribution is 5.55. The molecule has 4 rings (SSSR count). The van der Waals surface area contributed by atoms with Gasteiger partial charge in [0.15, 0.2) is 5.82 Å². The van der Waals surface area contributed by atoms with Crippen molar-refractivity contribution in [2.75, 3.05) is 0 Å². The highest BCUT2D eigenvalue weighted by atomic mass is 19.1. The standard InChI is InChI=1S/C24H24FN5/c1-16-6-4-7-20(10-16)24-27-13-19(14-28-24)12-26-17(2)23-15-29-30(18(23)3)22-9-5-8-21(25)11-22/h4-11,13-15,17,26H,12H2,1-3H3/t17-/m0/s1. The summed E-state index contributed by atoms with van der Waals surface area (Å²) in [4.78, 5) is 9.01. The van der Waals surface area contributed by atoms with Crippen LogP contribution in [0.25, 0.3) is 17.1 Å². The van der Waals surface area contributed by atoms with Crippen molar-refractivity contribution in [3.63, 3.8) is 0 Å². The van der Waals surface area contributed by atoms with Crippen LogP contribution in [-0.2, 0) is 6.54 Å². The minimum Gasteiger partial charge on any atom is -0.306 e. The molecule has 0 aliphatic heterocycles. The fourth-order valence-electron chi connectivity index (χ4n) is 3.48. The predicted octanol–water partition coefficient (Wildman–Crippen LogP) is 4.94. The largest absolute Gasteiger partial charge is 0.306 e. The molecule has 0 spiro atoms. The number of rotatable bonds is 6. The second kappa shape index (κ2) is 8.55. The lowest BCUT2D eigenvalue weighted by Crippen LogP contribution is -2.19. The molecular weight excluding hydrogens is 377 g/mol. The molecule has 0 amide bonds. The van der Waals surface area contributed by atoms with E-state index in [0.29, 0.717) is 12.2 Å². The number of benzene rings is 2. The molecule has 0 aliphatic rings. The smallest absolute Gasteiger partial charge is 0.159 e. The Kier molecular flexibility index (Phi) is 5.68. The van der Waals surface area contributed by atoms with Crippen molar-refractivity contribution in [1.29, 1.82) is 0 Å². The number of hydrogen-bond donors (Lipinski definition) is 1. The topological polar surface area (TPSA) is 55.6 Å². The van der Waals surface area contributed by atoms with Crippen LogP contribution < -0.4 is 5.32 Å². The summed E-state index contributed by atoms with van der Waals surface area (Å²) in [6, 6.07) is 14.7. The Balaban J connectivity index is 1.43. The molecule has 30 heavy (non-hydrogen) atoms. The first-order chi connectivity index (χ1) is 14.5. The van der Waals surface area contributed by atoms with Crippen molar-refractivity contribution in [2.24, 2.45) is 0 Å². The second-order valence-electron chi connectivity index (χ2n) is 7.46. The summed E-state index contributed by atoms with van der Waals surface area (Å²) in [7, 11) is 0. The molecule has 5 nitrogen and oxygen atoms in total.